The van der Waals surface area contributed by atoms with Crippen molar-refractivity contribution >= 4 is 11.9 Å². The second-order valence-electron chi connectivity index (χ2n) is 10.2. The Morgan fingerprint density at radius 3 is 2.50 bits per heavy atom. The minimum absolute atomic E-state index is 0.0593. The highest BCUT2D eigenvalue weighted by atomic mass is 19.1. The SMILES string of the molecule is C=CC[C@@H]1O[C@@H](Oc2ccc(CCNC(C)=O)c(-c3cccc(F)c3)c2)C(OC(=O)c2ccccc2)[C@H](C)[C@H]1C. The van der Waals surface area contributed by atoms with Gasteiger partial charge in [0.25, 0.3) is 0 Å². The fourth-order valence-electron chi connectivity index (χ4n) is 5.00. The zero-order valence-electron chi connectivity index (χ0n) is 23.1. The maximum atomic E-state index is 14.2. The van der Waals surface area contributed by atoms with E-state index in [4.69, 9.17) is 14.2 Å². The molecule has 3 aromatic rings. The van der Waals surface area contributed by atoms with Gasteiger partial charge in [0.2, 0.25) is 12.2 Å². The molecule has 5 atom stereocenters. The van der Waals surface area contributed by atoms with Gasteiger partial charge in [0.05, 0.1) is 11.7 Å². The molecule has 4 rings (SSSR count). The lowest BCUT2D eigenvalue weighted by atomic mass is 9.82. The molecule has 0 aliphatic carbocycles. The standard InChI is InChI=1S/C33H36FNO5/c1-5-10-30-21(2)22(3)31(40-32(37)25-11-7-6-8-12-25)33(39-30)38-28-16-15-24(17-18-35-23(4)36)29(20-28)26-13-9-14-27(34)19-26/h5-9,11-16,19-22,30-31,33H,1,10,17-18H2,2-4H3,(H,35,36)/t21-,22-,30+,31?,33-/m1/s1. The Kier molecular flexibility index (Phi) is 9.72. The fraction of sp³-hybridized carbons (Fsp3) is 0.333. The molecule has 7 heteroatoms. The summed E-state index contributed by atoms with van der Waals surface area (Å²) in [6.07, 6.45) is 1.30. The van der Waals surface area contributed by atoms with Crippen LogP contribution >= 0.6 is 0 Å². The molecule has 1 aliphatic heterocycles. The summed E-state index contributed by atoms with van der Waals surface area (Å²) in [6, 6.07) is 20.7. The van der Waals surface area contributed by atoms with E-state index in [0.717, 1.165) is 11.1 Å². The average molecular weight is 546 g/mol. The lowest BCUT2D eigenvalue weighted by Gasteiger charge is -2.43. The van der Waals surface area contributed by atoms with E-state index >= 15 is 0 Å². The van der Waals surface area contributed by atoms with Crippen molar-refractivity contribution < 1.29 is 28.2 Å². The number of ether oxygens (including phenoxy) is 3. The summed E-state index contributed by atoms with van der Waals surface area (Å²) in [5, 5.41) is 2.81. The van der Waals surface area contributed by atoms with E-state index in [1.54, 1.807) is 30.3 Å². The number of halogens is 1. The van der Waals surface area contributed by atoms with Gasteiger partial charge in [0, 0.05) is 19.4 Å². The molecule has 0 radical (unpaired) electrons. The van der Waals surface area contributed by atoms with Crippen molar-refractivity contribution in [1.82, 2.24) is 5.32 Å². The van der Waals surface area contributed by atoms with E-state index in [-0.39, 0.29) is 29.7 Å². The van der Waals surface area contributed by atoms with Crippen LogP contribution in [0.4, 0.5) is 4.39 Å². The summed E-state index contributed by atoms with van der Waals surface area (Å²) in [4.78, 5) is 24.4. The minimum Gasteiger partial charge on any atom is -0.461 e. The van der Waals surface area contributed by atoms with Crippen molar-refractivity contribution in [3.63, 3.8) is 0 Å². The number of amides is 1. The Morgan fingerprint density at radius 1 is 1.02 bits per heavy atom. The molecule has 0 aromatic heterocycles. The van der Waals surface area contributed by atoms with Crippen molar-refractivity contribution in [2.24, 2.45) is 11.8 Å². The molecular formula is C33H36FNO5. The van der Waals surface area contributed by atoms with Crippen LogP contribution in [-0.2, 0) is 20.7 Å². The van der Waals surface area contributed by atoms with E-state index < -0.39 is 18.4 Å². The molecule has 1 heterocycles. The normalized spacial score (nSPS) is 22.2. The van der Waals surface area contributed by atoms with Gasteiger partial charge >= 0.3 is 5.97 Å². The van der Waals surface area contributed by atoms with Gasteiger partial charge in [-0.3, -0.25) is 4.79 Å². The number of carbonyl (C=O) groups excluding carboxylic acids is 2. The third kappa shape index (κ3) is 7.16. The molecule has 1 saturated heterocycles. The summed E-state index contributed by atoms with van der Waals surface area (Å²) in [5.74, 6) is -0.392. The fourth-order valence-corrected chi connectivity index (χ4v) is 5.00. The van der Waals surface area contributed by atoms with Crippen LogP contribution in [0.3, 0.4) is 0 Å². The molecule has 0 spiro atoms. The first-order valence-corrected chi connectivity index (χ1v) is 13.6. The van der Waals surface area contributed by atoms with E-state index in [9.17, 15) is 14.0 Å². The number of esters is 1. The zero-order chi connectivity index (χ0) is 28.6. The molecule has 6 nitrogen and oxygen atoms in total. The average Bonchev–Trinajstić information content (AvgIpc) is 2.94. The van der Waals surface area contributed by atoms with E-state index in [1.165, 1.54) is 19.1 Å². The summed E-state index contributed by atoms with van der Waals surface area (Å²) >= 11 is 0. The summed E-state index contributed by atoms with van der Waals surface area (Å²) < 4.78 is 32.9. The van der Waals surface area contributed by atoms with Crippen molar-refractivity contribution in [2.75, 3.05) is 6.54 Å². The minimum atomic E-state index is -0.866. The van der Waals surface area contributed by atoms with Gasteiger partial charge in [-0.15, -0.1) is 6.58 Å². The Bertz CT molecular complexity index is 1330. The maximum Gasteiger partial charge on any atom is 0.338 e. The molecule has 1 unspecified atom stereocenters. The highest BCUT2D eigenvalue weighted by molar-refractivity contribution is 5.89. The van der Waals surface area contributed by atoms with Crippen molar-refractivity contribution in [3.8, 4) is 16.9 Å². The van der Waals surface area contributed by atoms with E-state index in [2.05, 4.69) is 18.8 Å². The van der Waals surface area contributed by atoms with Crippen LogP contribution < -0.4 is 10.1 Å². The van der Waals surface area contributed by atoms with Gasteiger partial charge in [-0.05, 0) is 71.8 Å². The number of carbonyl (C=O) groups is 2. The number of nitrogens with one attached hydrogen (secondary N) is 1. The smallest absolute Gasteiger partial charge is 0.338 e. The number of hydrogen-bond acceptors (Lipinski definition) is 5. The van der Waals surface area contributed by atoms with Crippen molar-refractivity contribution in [3.05, 3.63) is 102 Å². The topological polar surface area (TPSA) is 73.9 Å². The van der Waals surface area contributed by atoms with Crippen LogP contribution in [0.15, 0.2) is 85.5 Å². The lowest BCUT2D eigenvalue weighted by molar-refractivity contribution is -0.236. The monoisotopic (exact) mass is 545 g/mol. The molecule has 210 valence electrons. The molecule has 1 aliphatic rings. The van der Waals surface area contributed by atoms with Gasteiger partial charge in [0.15, 0.2) is 6.10 Å². The lowest BCUT2D eigenvalue weighted by Crippen LogP contribution is -2.53. The predicted molar refractivity (Wildman–Crippen MR) is 152 cm³/mol. The highest BCUT2D eigenvalue weighted by Crippen LogP contribution is 2.37. The quantitative estimate of drug-likeness (QED) is 0.237. The molecule has 3 aromatic carbocycles. The Balaban J connectivity index is 1.65. The van der Waals surface area contributed by atoms with Crippen LogP contribution in [0.25, 0.3) is 11.1 Å². The summed E-state index contributed by atoms with van der Waals surface area (Å²) in [5.41, 5.74) is 2.84. The largest absolute Gasteiger partial charge is 0.461 e. The van der Waals surface area contributed by atoms with Gasteiger partial charge in [0.1, 0.15) is 11.6 Å². The second kappa shape index (κ2) is 13.4. The Hall–Kier alpha value is -3.97. The van der Waals surface area contributed by atoms with Gasteiger partial charge < -0.3 is 19.5 Å². The summed E-state index contributed by atoms with van der Waals surface area (Å²) in [7, 11) is 0. The number of rotatable bonds is 10. The Morgan fingerprint density at radius 2 is 1.80 bits per heavy atom. The van der Waals surface area contributed by atoms with Gasteiger partial charge in [-0.25, -0.2) is 9.18 Å². The van der Waals surface area contributed by atoms with Crippen molar-refractivity contribution in [2.45, 2.75) is 52.1 Å². The van der Waals surface area contributed by atoms with Crippen LogP contribution in [0.5, 0.6) is 5.75 Å². The maximum absolute atomic E-state index is 14.2. The number of benzene rings is 3. The zero-order valence-corrected chi connectivity index (χ0v) is 23.1. The second-order valence-corrected chi connectivity index (χ2v) is 10.2. The predicted octanol–water partition coefficient (Wildman–Crippen LogP) is 6.35. The van der Waals surface area contributed by atoms with Crippen LogP contribution in [-0.4, -0.2) is 36.9 Å². The van der Waals surface area contributed by atoms with Crippen LogP contribution in [0.1, 0.15) is 43.1 Å². The van der Waals surface area contributed by atoms with Gasteiger partial charge in [-0.1, -0.05) is 56.3 Å². The molecule has 0 saturated carbocycles. The molecule has 0 bridgehead atoms. The number of hydrogen-bond donors (Lipinski definition) is 1. The van der Waals surface area contributed by atoms with E-state index in [1.807, 2.05) is 43.3 Å². The molecule has 1 N–H and O–H groups in total. The van der Waals surface area contributed by atoms with Crippen LogP contribution in [0, 0.1) is 17.7 Å². The third-order valence-electron chi connectivity index (χ3n) is 7.40. The third-order valence-corrected chi connectivity index (χ3v) is 7.40. The Labute approximate surface area is 235 Å². The first-order valence-electron chi connectivity index (χ1n) is 13.6. The van der Waals surface area contributed by atoms with Gasteiger partial charge in [-0.2, -0.15) is 0 Å². The molecule has 1 amide bonds. The highest BCUT2D eigenvalue weighted by Gasteiger charge is 2.45. The van der Waals surface area contributed by atoms with E-state index in [0.29, 0.717) is 36.3 Å². The first kappa shape index (κ1) is 29.0. The molecule has 40 heavy (non-hydrogen) atoms. The molecular weight excluding hydrogens is 509 g/mol. The van der Waals surface area contributed by atoms with Crippen molar-refractivity contribution in [1.29, 1.82) is 0 Å². The van der Waals surface area contributed by atoms with Crippen LogP contribution in [0.2, 0.25) is 0 Å². The molecule has 1 fully saturated rings. The first-order chi connectivity index (χ1) is 19.3. The summed E-state index contributed by atoms with van der Waals surface area (Å²) in [6.45, 7) is 9.89.